The Labute approximate surface area is 340 Å². The van der Waals surface area contributed by atoms with Crippen molar-refractivity contribution in [3.05, 3.63) is 212 Å². The Morgan fingerprint density at radius 2 is 0.831 bits per heavy atom. The normalized spacial score (nSPS) is 11.7. The summed E-state index contributed by atoms with van der Waals surface area (Å²) in [7, 11) is 0. The Morgan fingerprint density at radius 1 is 0.305 bits per heavy atom. The standard InChI is InChI=1S/C56H35NO2/c1-3-12-40-34-42(22-20-36(40)10-1)38-24-28-44(29-25-38)57(45-30-26-39(27-31-45)43-23-21-37-11-2-4-13-41(37)35-43)51-18-7-5-14-46(51)47-16-9-17-48-49-32-33-53-54(56(49)59-55(47)48)50-15-6-8-19-52(50)58-53/h1-35H. The molecule has 3 heteroatoms. The first-order chi connectivity index (χ1) is 29.2. The van der Waals surface area contributed by atoms with E-state index < -0.39 is 0 Å². The minimum atomic E-state index is 0.824. The van der Waals surface area contributed by atoms with Gasteiger partial charge in [-0.15, -0.1) is 0 Å². The van der Waals surface area contributed by atoms with Crippen LogP contribution in [0.2, 0.25) is 0 Å². The van der Waals surface area contributed by atoms with Gasteiger partial charge < -0.3 is 13.7 Å². The second kappa shape index (κ2) is 13.4. The van der Waals surface area contributed by atoms with E-state index in [0.29, 0.717) is 0 Å². The molecule has 0 saturated heterocycles. The molecule has 0 radical (unpaired) electrons. The summed E-state index contributed by atoms with van der Waals surface area (Å²) in [4.78, 5) is 2.37. The zero-order chi connectivity index (χ0) is 38.9. The van der Waals surface area contributed by atoms with Gasteiger partial charge >= 0.3 is 0 Å². The maximum absolute atomic E-state index is 6.98. The second-order valence-electron chi connectivity index (χ2n) is 15.3. The second-order valence-corrected chi connectivity index (χ2v) is 15.3. The number of hydrogen-bond acceptors (Lipinski definition) is 3. The van der Waals surface area contributed by atoms with Crippen LogP contribution in [0.4, 0.5) is 17.1 Å². The van der Waals surface area contributed by atoms with Crippen LogP contribution in [0.3, 0.4) is 0 Å². The summed E-state index contributed by atoms with van der Waals surface area (Å²) in [6, 6.07) is 75.9. The highest BCUT2D eigenvalue weighted by atomic mass is 16.3. The highest BCUT2D eigenvalue weighted by Gasteiger charge is 2.22. The zero-order valence-electron chi connectivity index (χ0n) is 32.0. The number of hydrogen-bond donors (Lipinski definition) is 0. The number of para-hydroxylation sites is 3. The molecule has 276 valence electrons. The number of furan rings is 2. The Hall–Kier alpha value is -7.88. The van der Waals surface area contributed by atoms with Gasteiger partial charge in [0.25, 0.3) is 0 Å². The van der Waals surface area contributed by atoms with Crippen molar-refractivity contribution >= 4 is 82.5 Å². The summed E-state index contributed by atoms with van der Waals surface area (Å²) in [5.74, 6) is 0. The van der Waals surface area contributed by atoms with Crippen molar-refractivity contribution < 1.29 is 8.83 Å². The quantitative estimate of drug-likeness (QED) is 0.169. The van der Waals surface area contributed by atoms with Gasteiger partial charge in [0.1, 0.15) is 22.3 Å². The maximum Gasteiger partial charge on any atom is 0.147 e. The molecular weight excluding hydrogens is 719 g/mol. The zero-order valence-corrected chi connectivity index (χ0v) is 32.0. The van der Waals surface area contributed by atoms with E-state index in [0.717, 1.165) is 72.1 Å². The van der Waals surface area contributed by atoms with Gasteiger partial charge in [-0.2, -0.15) is 0 Å². The van der Waals surface area contributed by atoms with Crippen LogP contribution < -0.4 is 4.90 Å². The predicted octanol–water partition coefficient (Wildman–Crippen LogP) is 16.3. The van der Waals surface area contributed by atoms with Gasteiger partial charge in [0.2, 0.25) is 0 Å². The minimum Gasteiger partial charge on any atom is -0.456 e. The Bertz CT molecular complexity index is 3430. The molecule has 0 spiro atoms. The minimum absolute atomic E-state index is 0.824. The van der Waals surface area contributed by atoms with Crippen molar-refractivity contribution in [3.8, 4) is 33.4 Å². The van der Waals surface area contributed by atoms with Crippen LogP contribution in [0.25, 0.3) is 98.8 Å². The first-order valence-corrected chi connectivity index (χ1v) is 20.1. The molecule has 10 aromatic carbocycles. The number of benzene rings is 10. The summed E-state index contributed by atoms with van der Waals surface area (Å²) >= 11 is 0. The van der Waals surface area contributed by atoms with Crippen LogP contribution >= 0.6 is 0 Å². The van der Waals surface area contributed by atoms with Crippen LogP contribution in [-0.2, 0) is 0 Å². The lowest BCUT2D eigenvalue weighted by atomic mass is 9.98. The van der Waals surface area contributed by atoms with Crippen LogP contribution in [-0.4, -0.2) is 0 Å². The lowest BCUT2D eigenvalue weighted by molar-refractivity contribution is 0.663. The predicted molar refractivity (Wildman–Crippen MR) is 247 cm³/mol. The fourth-order valence-electron chi connectivity index (χ4n) is 8.94. The lowest BCUT2D eigenvalue weighted by Gasteiger charge is -2.28. The smallest absolute Gasteiger partial charge is 0.147 e. The molecule has 2 heterocycles. The molecule has 12 rings (SSSR count). The van der Waals surface area contributed by atoms with Crippen LogP contribution in [0.5, 0.6) is 0 Å². The highest BCUT2D eigenvalue weighted by molar-refractivity contribution is 6.23. The fourth-order valence-corrected chi connectivity index (χ4v) is 8.94. The van der Waals surface area contributed by atoms with Crippen LogP contribution in [0.15, 0.2) is 221 Å². The Balaban J connectivity index is 1.02. The molecule has 0 saturated carbocycles. The van der Waals surface area contributed by atoms with E-state index in [1.54, 1.807) is 0 Å². The summed E-state index contributed by atoms with van der Waals surface area (Å²) in [5.41, 5.74) is 13.4. The molecule has 0 N–H and O–H groups in total. The third-order valence-corrected chi connectivity index (χ3v) is 11.9. The molecule has 0 bridgehead atoms. The van der Waals surface area contributed by atoms with Crippen molar-refractivity contribution in [2.45, 2.75) is 0 Å². The number of nitrogens with zero attached hydrogens (tertiary/aromatic N) is 1. The van der Waals surface area contributed by atoms with Crippen molar-refractivity contribution in [3.63, 3.8) is 0 Å². The first kappa shape index (κ1) is 33.3. The monoisotopic (exact) mass is 753 g/mol. The first-order valence-electron chi connectivity index (χ1n) is 20.1. The van der Waals surface area contributed by atoms with E-state index >= 15 is 0 Å². The van der Waals surface area contributed by atoms with E-state index in [4.69, 9.17) is 8.83 Å². The van der Waals surface area contributed by atoms with Crippen LogP contribution in [0, 0.1) is 0 Å². The summed E-state index contributed by atoms with van der Waals surface area (Å²) in [6.45, 7) is 0. The third-order valence-electron chi connectivity index (χ3n) is 11.9. The number of anilines is 3. The summed E-state index contributed by atoms with van der Waals surface area (Å²) in [5, 5.41) is 9.16. The van der Waals surface area contributed by atoms with Gasteiger partial charge in [-0.3, -0.25) is 0 Å². The maximum atomic E-state index is 6.98. The average molecular weight is 754 g/mol. The molecule has 0 fully saturated rings. The van der Waals surface area contributed by atoms with E-state index in [-0.39, 0.29) is 0 Å². The molecule has 0 unspecified atom stereocenters. The van der Waals surface area contributed by atoms with E-state index in [2.05, 4.69) is 205 Å². The van der Waals surface area contributed by atoms with Crippen molar-refractivity contribution in [1.82, 2.24) is 0 Å². The molecule has 59 heavy (non-hydrogen) atoms. The van der Waals surface area contributed by atoms with Crippen LogP contribution in [0.1, 0.15) is 0 Å². The van der Waals surface area contributed by atoms with E-state index in [1.807, 2.05) is 12.1 Å². The third kappa shape index (κ3) is 5.51. The largest absolute Gasteiger partial charge is 0.456 e. The lowest BCUT2D eigenvalue weighted by Crippen LogP contribution is -2.11. The summed E-state index contributed by atoms with van der Waals surface area (Å²) < 4.78 is 13.2. The van der Waals surface area contributed by atoms with Gasteiger partial charge in [-0.25, -0.2) is 0 Å². The Morgan fingerprint density at radius 3 is 1.51 bits per heavy atom. The molecular formula is C56H35NO2. The van der Waals surface area contributed by atoms with Crippen molar-refractivity contribution in [2.75, 3.05) is 4.90 Å². The van der Waals surface area contributed by atoms with Gasteiger partial charge in [0.05, 0.1) is 11.1 Å². The molecule has 0 atom stereocenters. The molecule has 3 nitrogen and oxygen atoms in total. The van der Waals surface area contributed by atoms with Gasteiger partial charge in [0, 0.05) is 38.7 Å². The molecule has 0 amide bonds. The van der Waals surface area contributed by atoms with E-state index in [1.165, 1.54) is 43.8 Å². The van der Waals surface area contributed by atoms with Gasteiger partial charge in [-0.05, 0) is 104 Å². The van der Waals surface area contributed by atoms with E-state index in [9.17, 15) is 0 Å². The fraction of sp³-hybridized carbons (Fsp3) is 0. The van der Waals surface area contributed by atoms with Gasteiger partial charge in [-0.1, -0.05) is 152 Å². The summed E-state index contributed by atoms with van der Waals surface area (Å²) in [6.07, 6.45) is 0. The van der Waals surface area contributed by atoms with Crippen molar-refractivity contribution in [1.29, 1.82) is 0 Å². The number of rotatable bonds is 6. The molecule has 12 aromatic rings. The van der Waals surface area contributed by atoms with Crippen molar-refractivity contribution in [2.24, 2.45) is 0 Å². The molecule has 0 aliphatic rings. The molecule has 0 aliphatic carbocycles. The molecule has 2 aromatic heterocycles. The Kier molecular flexibility index (Phi) is 7.54. The highest BCUT2D eigenvalue weighted by Crippen LogP contribution is 2.46. The average Bonchev–Trinajstić information content (AvgIpc) is 3.88. The SMILES string of the molecule is c1ccc(N(c2ccc(-c3ccc4ccccc4c3)cc2)c2ccc(-c3ccc4ccccc4c3)cc2)c(-c2cccc3c2oc2c3ccc3oc4ccccc4c32)c1. The number of fused-ring (bicyclic) bond motifs is 9. The molecule has 0 aliphatic heterocycles. The topological polar surface area (TPSA) is 29.5 Å². The van der Waals surface area contributed by atoms with Gasteiger partial charge in [0.15, 0.2) is 0 Å².